The van der Waals surface area contributed by atoms with Crippen LogP contribution in [-0.2, 0) is 4.79 Å². The van der Waals surface area contributed by atoms with Crippen molar-refractivity contribution in [2.45, 2.75) is 12.8 Å². The van der Waals surface area contributed by atoms with Crippen molar-refractivity contribution in [3.63, 3.8) is 0 Å². The van der Waals surface area contributed by atoms with Gasteiger partial charge in [-0.1, -0.05) is 18.2 Å². The standard InChI is InChI=1S/C23H20N2O4/c26-22(15-4-3-10-25(13-15)23(27)16-9-11-28-14-16)24-17-7-8-21-19(12-17)18-5-1-2-6-20(18)29-21/h1-2,5-9,11-12,14-15H,3-4,10,13H2,(H,24,26)/t15-/m1/s1. The van der Waals surface area contributed by atoms with E-state index in [0.29, 0.717) is 18.7 Å². The summed E-state index contributed by atoms with van der Waals surface area (Å²) in [5.41, 5.74) is 2.86. The van der Waals surface area contributed by atoms with E-state index in [1.165, 1.54) is 12.5 Å². The predicted molar refractivity (Wildman–Crippen MR) is 110 cm³/mol. The number of hydrogen-bond donors (Lipinski definition) is 1. The number of nitrogens with one attached hydrogen (secondary N) is 1. The topological polar surface area (TPSA) is 75.7 Å². The Bertz CT molecular complexity index is 1190. The fourth-order valence-corrected chi connectivity index (χ4v) is 3.99. The molecule has 0 bridgehead atoms. The van der Waals surface area contributed by atoms with Gasteiger partial charge in [-0.15, -0.1) is 0 Å². The first-order valence-corrected chi connectivity index (χ1v) is 9.73. The highest BCUT2D eigenvalue weighted by molar-refractivity contribution is 6.07. The molecule has 1 aliphatic rings. The van der Waals surface area contributed by atoms with Crippen LogP contribution in [0.25, 0.3) is 21.9 Å². The maximum absolute atomic E-state index is 12.9. The lowest BCUT2D eigenvalue weighted by atomic mass is 9.96. The number of carbonyl (C=O) groups excluding carboxylic acids is 2. The molecule has 3 heterocycles. The van der Waals surface area contributed by atoms with Crippen LogP contribution in [0.2, 0.25) is 0 Å². The number of likely N-dealkylation sites (tertiary alicyclic amines) is 1. The van der Waals surface area contributed by atoms with Gasteiger partial charge in [0.1, 0.15) is 17.4 Å². The van der Waals surface area contributed by atoms with Crippen LogP contribution in [0.4, 0.5) is 5.69 Å². The summed E-state index contributed by atoms with van der Waals surface area (Å²) in [7, 11) is 0. The zero-order valence-corrected chi connectivity index (χ0v) is 15.8. The van der Waals surface area contributed by atoms with Crippen LogP contribution >= 0.6 is 0 Å². The molecule has 1 aliphatic heterocycles. The molecule has 2 amide bonds. The predicted octanol–water partition coefficient (Wildman–Crippen LogP) is 4.67. The molecular weight excluding hydrogens is 368 g/mol. The molecule has 0 spiro atoms. The third kappa shape index (κ3) is 3.27. The molecule has 5 rings (SSSR count). The van der Waals surface area contributed by atoms with Crippen molar-refractivity contribution in [3.8, 4) is 0 Å². The largest absolute Gasteiger partial charge is 0.472 e. The van der Waals surface area contributed by atoms with E-state index in [0.717, 1.165) is 40.5 Å². The van der Waals surface area contributed by atoms with Crippen LogP contribution in [0.1, 0.15) is 23.2 Å². The van der Waals surface area contributed by atoms with E-state index in [1.807, 2.05) is 42.5 Å². The van der Waals surface area contributed by atoms with Crippen LogP contribution < -0.4 is 5.32 Å². The molecule has 4 aromatic rings. The van der Waals surface area contributed by atoms with Crippen molar-refractivity contribution in [1.29, 1.82) is 0 Å². The molecule has 0 saturated carbocycles. The Morgan fingerprint density at radius 1 is 1.03 bits per heavy atom. The number of carbonyl (C=O) groups is 2. The summed E-state index contributed by atoms with van der Waals surface area (Å²) in [6.45, 7) is 1.06. The van der Waals surface area contributed by atoms with E-state index in [-0.39, 0.29) is 17.7 Å². The van der Waals surface area contributed by atoms with Gasteiger partial charge in [0.2, 0.25) is 5.91 Å². The number of nitrogens with zero attached hydrogens (tertiary/aromatic N) is 1. The number of piperidine rings is 1. The molecule has 1 fully saturated rings. The summed E-state index contributed by atoms with van der Waals surface area (Å²) in [4.78, 5) is 27.1. The Morgan fingerprint density at radius 2 is 1.90 bits per heavy atom. The van der Waals surface area contributed by atoms with Crippen LogP contribution in [0, 0.1) is 5.92 Å². The fraction of sp³-hybridized carbons (Fsp3) is 0.217. The first-order chi connectivity index (χ1) is 14.2. The quantitative estimate of drug-likeness (QED) is 0.553. The molecular formula is C23H20N2O4. The molecule has 1 atom stereocenters. The summed E-state index contributed by atoms with van der Waals surface area (Å²) in [5.74, 6) is -0.402. The summed E-state index contributed by atoms with van der Waals surface area (Å²) in [6.07, 6.45) is 4.48. The fourth-order valence-electron chi connectivity index (χ4n) is 3.99. The molecule has 2 aromatic heterocycles. The van der Waals surface area contributed by atoms with E-state index in [4.69, 9.17) is 8.83 Å². The molecule has 146 valence electrons. The summed E-state index contributed by atoms with van der Waals surface area (Å²) >= 11 is 0. The summed E-state index contributed by atoms with van der Waals surface area (Å²) in [5, 5.41) is 5.01. The van der Waals surface area contributed by atoms with Crippen LogP contribution in [0.15, 0.2) is 69.9 Å². The monoisotopic (exact) mass is 388 g/mol. The molecule has 29 heavy (non-hydrogen) atoms. The van der Waals surface area contributed by atoms with Gasteiger partial charge in [0.05, 0.1) is 17.7 Å². The van der Waals surface area contributed by atoms with Crippen LogP contribution in [0.5, 0.6) is 0 Å². The van der Waals surface area contributed by atoms with E-state index in [2.05, 4.69) is 5.32 Å². The van der Waals surface area contributed by atoms with Gasteiger partial charge in [-0.2, -0.15) is 0 Å². The molecule has 2 aromatic carbocycles. The lowest BCUT2D eigenvalue weighted by Crippen LogP contribution is -2.43. The van der Waals surface area contributed by atoms with Gasteiger partial charge in [-0.05, 0) is 43.2 Å². The first-order valence-electron chi connectivity index (χ1n) is 9.73. The number of rotatable bonds is 3. The first kappa shape index (κ1) is 17.6. The number of benzene rings is 2. The van der Waals surface area contributed by atoms with E-state index in [9.17, 15) is 9.59 Å². The van der Waals surface area contributed by atoms with Gasteiger partial charge < -0.3 is 19.1 Å². The average molecular weight is 388 g/mol. The van der Waals surface area contributed by atoms with Crippen molar-refractivity contribution in [1.82, 2.24) is 4.90 Å². The number of fused-ring (bicyclic) bond motifs is 3. The van der Waals surface area contributed by atoms with Gasteiger partial charge in [0.25, 0.3) is 5.91 Å². The zero-order valence-electron chi connectivity index (χ0n) is 15.8. The molecule has 1 N–H and O–H groups in total. The second-order valence-electron chi connectivity index (χ2n) is 7.40. The van der Waals surface area contributed by atoms with Crippen molar-refractivity contribution in [2.24, 2.45) is 5.92 Å². The minimum absolute atomic E-state index is 0.0677. The maximum Gasteiger partial charge on any atom is 0.257 e. The Kier molecular flexibility index (Phi) is 4.31. The average Bonchev–Trinajstić information content (AvgIpc) is 3.41. The highest BCUT2D eigenvalue weighted by Crippen LogP contribution is 2.31. The third-order valence-corrected chi connectivity index (χ3v) is 5.49. The number of para-hydroxylation sites is 1. The highest BCUT2D eigenvalue weighted by Gasteiger charge is 2.29. The number of amides is 2. The van der Waals surface area contributed by atoms with E-state index in [1.54, 1.807) is 11.0 Å². The molecule has 1 saturated heterocycles. The summed E-state index contributed by atoms with van der Waals surface area (Å²) in [6, 6.07) is 15.2. The van der Waals surface area contributed by atoms with Gasteiger partial charge in [-0.3, -0.25) is 9.59 Å². The van der Waals surface area contributed by atoms with Crippen molar-refractivity contribution >= 4 is 39.4 Å². The number of furan rings is 2. The molecule has 0 aliphatic carbocycles. The second kappa shape index (κ2) is 7.13. The molecule has 0 radical (unpaired) electrons. The van der Waals surface area contributed by atoms with E-state index < -0.39 is 0 Å². The Labute approximate surface area is 167 Å². The Morgan fingerprint density at radius 3 is 2.76 bits per heavy atom. The van der Waals surface area contributed by atoms with Crippen molar-refractivity contribution in [3.05, 3.63) is 66.6 Å². The lowest BCUT2D eigenvalue weighted by molar-refractivity contribution is -0.121. The molecule has 0 unspecified atom stereocenters. The molecule has 6 nitrogen and oxygen atoms in total. The van der Waals surface area contributed by atoms with Crippen LogP contribution in [0.3, 0.4) is 0 Å². The smallest absolute Gasteiger partial charge is 0.257 e. The Hall–Kier alpha value is -3.54. The second-order valence-corrected chi connectivity index (χ2v) is 7.40. The Balaban J connectivity index is 1.33. The zero-order chi connectivity index (χ0) is 19.8. The molecule has 6 heteroatoms. The van der Waals surface area contributed by atoms with Crippen molar-refractivity contribution < 1.29 is 18.4 Å². The SMILES string of the molecule is O=C(Nc1ccc2oc3ccccc3c2c1)[C@@H]1CCCN(C(=O)c2ccoc2)C1. The minimum atomic E-state index is -0.239. The van der Waals surface area contributed by atoms with Gasteiger partial charge in [-0.25, -0.2) is 0 Å². The third-order valence-electron chi connectivity index (χ3n) is 5.49. The number of anilines is 1. The normalized spacial score (nSPS) is 17.0. The van der Waals surface area contributed by atoms with Crippen LogP contribution in [-0.4, -0.2) is 29.8 Å². The van der Waals surface area contributed by atoms with Gasteiger partial charge >= 0.3 is 0 Å². The summed E-state index contributed by atoms with van der Waals surface area (Å²) < 4.78 is 10.8. The van der Waals surface area contributed by atoms with Crippen molar-refractivity contribution in [2.75, 3.05) is 18.4 Å². The lowest BCUT2D eigenvalue weighted by Gasteiger charge is -2.31. The number of hydrogen-bond acceptors (Lipinski definition) is 4. The maximum atomic E-state index is 12.9. The van der Waals surface area contributed by atoms with Gasteiger partial charge in [0.15, 0.2) is 0 Å². The van der Waals surface area contributed by atoms with E-state index >= 15 is 0 Å². The minimum Gasteiger partial charge on any atom is -0.472 e. The highest BCUT2D eigenvalue weighted by atomic mass is 16.3. The van der Waals surface area contributed by atoms with Gasteiger partial charge in [0, 0.05) is 29.5 Å².